The molecular formula is C63H47N3. The molecule has 66 heavy (non-hydrogen) atoms. The summed E-state index contributed by atoms with van der Waals surface area (Å²) in [6, 6.07) is 76.6. The number of benzene rings is 9. The van der Waals surface area contributed by atoms with Crippen molar-refractivity contribution in [1.29, 1.82) is 0 Å². The second-order valence-electron chi connectivity index (χ2n) is 18.8. The van der Waals surface area contributed by atoms with Crippen LogP contribution < -0.4 is 0 Å². The lowest BCUT2D eigenvalue weighted by Crippen LogP contribution is -2.14. The molecule has 0 spiro atoms. The Balaban J connectivity index is 1.09. The van der Waals surface area contributed by atoms with Gasteiger partial charge in [0.1, 0.15) is 0 Å². The molecule has 0 saturated heterocycles. The van der Waals surface area contributed by atoms with E-state index in [1.54, 1.807) is 0 Å². The van der Waals surface area contributed by atoms with Crippen LogP contribution in [-0.2, 0) is 10.8 Å². The summed E-state index contributed by atoms with van der Waals surface area (Å²) in [4.78, 5) is 16.0. The third kappa shape index (κ3) is 6.45. The van der Waals surface area contributed by atoms with E-state index < -0.39 is 0 Å². The molecule has 1 aromatic heterocycles. The van der Waals surface area contributed by atoms with Crippen molar-refractivity contribution in [1.82, 2.24) is 15.0 Å². The van der Waals surface area contributed by atoms with E-state index in [0.29, 0.717) is 17.5 Å². The van der Waals surface area contributed by atoms with Crippen LogP contribution in [0.1, 0.15) is 49.9 Å². The first-order valence-corrected chi connectivity index (χ1v) is 22.9. The zero-order chi connectivity index (χ0) is 44.6. The van der Waals surface area contributed by atoms with Crippen LogP contribution in [0.4, 0.5) is 0 Å². The minimum Gasteiger partial charge on any atom is -0.208 e. The Labute approximate surface area is 387 Å². The van der Waals surface area contributed by atoms with Crippen LogP contribution in [0, 0.1) is 0 Å². The van der Waals surface area contributed by atoms with Crippen LogP contribution in [-0.4, -0.2) is 15.0 Å². The summed E-state index contributed by atoms with van der Waals surface area (Å²) in [5.41, 5.74) is 22.3. The van der Waals surface area contributed by atoms with Crippen LogP contribution in [0.2, 0.25) is 0 Å². The molecule has 0 saturated carbocycles. The van der Waals surface area contributed by atoms with Gasteiger partial charge < -0.3 is 0 Å². The first-order chi connectivity index (χ1) is 32.2. The zero-order valence-corrected chi connectivity index (χ0v) is 37.5. The molecule has 314 valence electrons. The number of nitrogens with zero attached hydrogens (tertiary/aromatic N) is 3. The van der Waals surface area contributed by atoms with Crippen molar-refractivity contribution in [2.45, 2.75) is 38.5 Å². The summed E-state index contributed by atoms with van der Waals surface area (Å²) < 4.78 is 0. The van der Waals surface area contributed by atoms with Gasteiger partial charge in [-0.05, 0) is 107 Å². The summed E-state index contributed by atoms with van der Waals surface area (Å²) >= 11 is 0. The Morgan fingerprint density at radius 3 is 0.970 bits per heavy atom. The van der Waals surface area contributed by atoms with Gasteiger partial charge in [0, 0.05) is 27.5 Å². The SMILES string of the molecule is CC1(C)c2ccccc2-c2c(-c3cc(-c4nc(-c5ccc(-c6ccccc6)cc5)nc(-c5ccc(-c6ccccc6)cc5)n4)cc(-c4cccc5c4-c4ccccc4C5(C)C)c3)cccc21. The average Bonchev–Trinajstić information content (AvgIpc) is 3.76. The van der Waals surface area contributed by atoms with Crippen molar-refractivity contribution in [2.75, 3.05) is 0 Å². The number of fused-ring (bicyclic) bond motifs is 6. The molecule has 3 heteroatoms. The summed E-state index contributed by atoms with van der Waals surface area (Å²) in [6.45, 7) is 9.40. The fourth-order valence-electron chi connectivity index (χ4n) is 10.7. The van der Waals surface area contributed by atoms with Gasteiger partial charge in [-0.3, -0.25) is 0 Å². The third-order valence-corrected chi connectivity index (χ3v) is 14.2. The molecule has 0 N–H and O–H groups in total. The predicted octanol–water partition coefficient (Wildman–Crippen LogP) is 16.2. The second-order valence-corrected chi connectivity index (χ2v) is 18.8. The van der Waals surface area contributed by atoms with Crippen LogP contribution in [0.3, 0.4) is 0 Å². The normalized spacial score (nSPS) is 13.7. The molecule has 3 nitrogen and oxygen atoms in total. The Morgan fingerprint density at radius 2 is 0.545 bits per heavy atom. The number of hydrogen-bond donors (Lipinski definition) is 0. The molecule has 0 bridgehead atoms. The molecule has 0 radical (unpaired) electrons. The van der Waals surface area contributed by atoms with E-state index in [2.05, 4.69) is 228 Å². The van der Waals surface area contributed by atoms with Crippen molar-refractivity contribution in [3.63, 3.8) is 0 Å². The number of hydrogen-bond acceptors (Lipinski definition) is 3. The van der Waals surface area contributed by atoms with Gasteiger partial charge >= 0.3 is 0 Å². The average molecular weight is 846 g/mol. The molecule has 0 amide bonds. The minimum absolute atomic E-state index is 0.137. The van der Waals surface area contributed by atoms with Crippen molar-refractivity contribution in [3.05, 3.63) is 235 Å². The van der Waals surface area contributed by atoms with E-state index in [-0.39, 0.29) is 10.8 Å². The predicted molar refractivity (Wildman–Crippen MR) is 273 cm³/mol. The molecule has 2 aliphatic carbocycles. The van der Waals surface area contributed by atoms with Gasteiger partial charge in [-0.25, -0.2) is 15.0 Å². The van der Waals surface area contributed by atoms with Gasteiger partial charge in [0.25, 0.3) is 0 Å². The zero-order valence-electron chi connectivity index (χ0n) is 37.5. The first-order valence-electron chi connectivity index (χ1n) is 22.9. The van der Waals surface area contributed by atoms with E-state index in [0.717, 1.165) is 38.9 Å². The van der Waals surface area contributed by atoms with E-state index >= 15 is 0 Å². The van der Waals surface area contributed by atoms with Gasteiger partial charge in [0.2, 0.25) is 0 Å². The maximum absolute atomic E-state index is 5.38. The summed E-state index contributed by atoms with van der Waals surface area (Å²) in [7, 11) is 0. The van der Waals surface area contributed by atoms with Crippen molar-refractivity contribution >= 4 is 0 Å². The standard InChI is InChI=1S/C63H47N3/c1-62(2)53-25-13-11-21-51(53)57-49(23-15-27-55(57)62)46-37-47(50-24-16-28-56-58(50)52-22-12-14-26-54(52)63(56,3)4)39-48(38-46)61-65-59(44-33-29-42(30-34-44)40-17-7-5-8-18-40)64-60(66-61)45-35-31-43(32-36-45)41-19-9-6-10-20-41/h5-39H,1-4H3. The highest BCUT2D eigenvalue weighted by atomic mass is 15.0. The number of aromatic nitrogens is 3. The minimum atomic E-state index is -0.137. The highest BCUT2D eigenvalue weighted by Gasteiger charge is 2.38. The lowest BCUT2D eigenvalue weighted by Gasteiger charge is -2.22. The topological polar surface area (TPSA) is 38.7 Å². The Bertz CT molecular complexity index is 3270. The van der Waals surface area contributed by atoms with E-state index in [9.17, 15) is 0 Å². The molecule has 0 aliphatic heterocycles. The molecular weight excluding hydrogens is 799 g/mol. The van der Waals surface area contributed by atoms with Crippen molar-refractivity contribution in [3.8, 4) is 101 Å². The monoisotopic (exact) mass is 845 g/mol. The van der Waals surface area contributed by atoms with Crippen LogP contribution in [0.25, 0.3) is 101 Å². The first kappa shape index (κ1) is 39.6. The fourth-order valence-corrected chi connectivity index (χ4v) is 10.7. The van der Waals surface area contributed by atoms with E-state index in [1.807, 2.05) is 12.1 Å². The lowest BCUT2D eigenvalue weighted by molar-refractivity contribution is 0.660. The summed E-state index contributed by atoms with van der Waals surface area (Å²) in [5.74, 6) is 1.88. The van der Waals surface area contributed by atoms with Crippen molar-refractivity contribution < 1.29 is 0 Å². The largest absolute Gasteiger partial charge is 0.208 e. The number of rotatable bonds is 7. The van der Waals surface area contributed by atoms with Gasteiger partial charge in [-0.2, -0.15) is 0 Å². The molecule has 9 aromatic carbocycles. The van der Waals surface area contributed by atoms with Gasteiger partial charge in [-0.1, -0.05) is 222 Å². The Morgan fingerprint density at radius 1 is 0.242 bits per heavy atom. The fraction of sp³-hybridized carbons (Fsp3) is 0.0952. The van der Waals surface area contributed by atoms with Crippen LogP contribution in [0.15, 0.2) is 212 Å². The Hall–Kier alpha value is -8.01. The molecule has 0 fully saturated rings. The van der Waals surface area contributed by atoms with Gasteiger partial charge in [-0.15, -0.1) is 0 Å². The summed E-state index contributed by atoms with van der Waals surface area (Å²) in [5, 5.41) is 0. The second kappa shape index (κ2) is 15.3. The molecule has 2 aliphatic rings. The molecule has 10 aromatic rings. The van der Waals surface area contributed by atoms with Crippen LogP contribution >= 0.6 is 0 Å². The molecule has 0 unspecified atom stereocenters. The van der Waals surface area contributed by atoms with E-state index in [4.69, 9.17) is 15.0 Å². The van der Waals surface area contributed by atoms with Crippen molar-refractivity contribution in [2.24, 2.45) is 0 Å². The quantitative estimate of drug-likeness (QED) is 0.160. The third-order valence-electron chi connectivity index (χ3n) is 14.2. The molecule has 0 atom stereocenters. The highest BCUT2D eigenvalue weighted by Crippen LogP contribution is 2.54. The van der Waals surface area contributed by atoms with E-state index in [1.165, 1.54) is 66.8 Å². The maximum Gasteiger partial charge on any atom is 0.164 e. The maximum atomic E-state index is 5.38. The molecule has 12 rings (SSSR count). The van der Waals surface area contributed by atoms with Crippen LogP contribution in [0.5, 0.6) is 0 Å². The smallest absolute Gasteiger partial charge is 0.164 e. The Kier molecular flexibility index (Phi) is 9.19. The summed E-state index contributed by atoms with van der Waals surface area (Å²) in [6.07, 6.45) is 0. The molecule has 1 heterocycles. The van der Waals surface area contributed by atoms with Gasteiger partial charge in [0.15, 0.2) is 17.5 Å². The lowest BCUT2D eigenvalue weighted by atomic mass is 9.81. The van der Waals surface area contributed by atoms with Gasteiger partial charge in [0.05, 0.1) is 0 Å². The highest BCUT2D eigenvalue weighted by molar-refractivity contribution is 5.97.